The van der Waals surface area contributed by atoms with Crippen molar-refractivity contribution < 1.29 is 14.6 Å². The van der Waals surface area contributed by atoms with Crippen molar-refractivity contribution in [2.24, 2.45) is 23.2 Å². The molecule has 17 heavy (non-hydrogen) atoms. The summed E-state index contributed by atoms with van der Waals surface area (Å²) in [5.41, 5.74) is 0.174. The van der Waals surface area contributed by atoms with E-state index in [0.717, 1.165) is 0 Å². The molecule has 0 spiro atoms. The van der Waals surface area contributed by atoms with Gasteiger partial charge in [-0.15, -0.1) is 0 Å². The highest BCUT2D eigenvalue weighted by molar-refractivity contribution is 5.56. The van der Waals surface area contributed by atoms with Crippen molar-refractivity contribution in [1.29, 1.82) is 0 Å². The summed E-state index contributed by atoms with van der Waals surface area (Å²) in [5.74, 6) is 1.53. The Bertz CT molecular complexity index is 236. The van der Waals surface area contributed by atoms with Crippen molar-refractivity contribution in [1.82, 2.24) is 0 Å². The molecule has 0 aliphatic heterocycles. The van der Waals surface area contributed by atoms with E-state index >= 15 is 0 Å². The summed E-state index contributed by atoms with van der Waals surface area (Å²) in [6.07, 6.45) is 1.26. The summed E-state index contributed by atoms with van der Waals surface area (Å²) in [7, 11) is 0. The highest BCUT2D eigenvalue weighted by Gasteiger charge is 2.42. The first kappa shape index (κ1) is 16.3. The lowest BCUT2D eigenvalue weighted by molar-refractivity contribution is -0.0242. The van der Waals surface area contributed by atoms with Crippen LogP contribution < -0.4 is 0 Å². The van der Waals surface area contributed by atoms with Gasteiger partial charge in [0.2, 0.25) is 0 Å². The van der Waals surface area contributed by atoms with Crippen LogP contribution >= 0.6 is 0 Å². The third-order valence-corrected chi connectivity index (χ3v) is 4.35. The average Bonchev–Trinajstić information content (AvgIpc) is 2.26. The predicted molar refractivity (Wildman–Crippen MR) is 70.2 cm³/mol. The van der Waals surface area contributed by atoms with Crippen molar-refractivity contribution in [2.75, 3.05) is 6.61 Å². The standard InChI is InChI=1S/C12H22O3.C2H6/c1-8-5-6-9(2)12(3,4)10(8)7-15-11(13)14;1-2/h8-10H,5-7H2,1-4H3,(H,13,14);1-2H3. The number of ether oxygens (including phenoxy) is 1. The average molecular weight is 244 g/mol. The molecule has 0 aromatic rings. The number of hydrogen-bond acceptors (Lipinski definition) is 2. The minimum atomic E-state index is -1.16. The van der Waals surface area contributed by atoms with Crippen molar-refractivity contribution in [3.05, 3.63) is 0 Å². The molecule has 3 unspecified atom stereocenters. The monoisotopic (exact) mass is 244 g/mol. The summed E-state index contributed by atoms with van der Waals surface area (Å²) >= 11 is 0. The van der Waals surface area contributed by atoms with Gasteiger partial charge in [0.25, 0.3) is 0 Å². The highest BCUT2D eigenvalue weighted by Crippen LogP contribution is 2.47. The molecule has 0 amide bonds. The third kappa shape index (κ3) is 4.21. The molecule has 3 heteroatoms. The summed E-state index contributed by atoms with van der Waals surface area (Å²) in [6, 6.07) is 0. The zero-order valence-electron chi connectivity index (χ0n) is 12.1. The van der Waals surface area contributed by atoms with Gasteiger partial charge in [-0.25, -0.2) is 4.79 Å². The Morgan fingerprint density at radius 3 is 2.29 bits per heavy atom. The molecule has 1 aliphatic rings. The number of carbonyl (C=O) groups is 1. The summed E-state index contributed by atoms with van der Waals surface area (Å²) in [6.45, 7) is 13.2. The smallest absolute Gasteiger partial charge is 0.450 e. The van der Waals surface area contributed by atoms with E-state index in [1.807, 2.05) is 13.8 Å². The number of rotatable bonds is 2. The van der Waals surface area contributed by atoms with E-state index < -0.39 is 6.16 Å². The Labute approximate surface area is 106 Å². The van der Waals surface area contributed by atoms with Gasteiger partial charge in [-0.1, -0.05) is 48.0 Å². The Balaban J connectivity index is 0.00000121. The minimum Gasteiger partial charge on any atom is -0.450 e. The van der Waals surface area contributed by atoms with Crippen molar-refractivity contribution in [3.63, 3.8) is 0 Å². The van der Waals surface area contributed by atoms with Crippen LogP contribution in [0.4, 0.5) is 4.79 Å². The molecule has 3 atom stereocenters. The highest BCUT2D eigenvalue weighted by atomic mass is 16.7. The van der Waals surface area contributed by atoms with Gasteiger partial charge in [0.15, 0.2) is 0 Å². The molecular weight excluding hydrogens is 216 g/mol. The molecule has 1 N–H and O–H groups in total. The molecule has 0 radical (unpaired) electrons. The Morgan fingerprint density at radius 1 is 1.29 bits per heavy atom. The van der Waals surface area contributed by atoms with Gasteiger partial charge in [-0.05, 0) is 23.7 Å². The van der Waals surface area contributed by atoms with Crippen LogP contribution in [0.2, 0.25) is 0 Å². The second kappa shape index (κ2) is 6.87. The van der Waals surface area contributed by atoms with E-state index in [0.29, 0.717) is 24.4 Å². The van der Waals surface area contributed by atoms with E-state index in [-0.39, 0.29) is 5.41 Å². The summed E-state index contributed by atoms with van der Waals surface area (Å²) in [5, 5.41) is 8.54. The molecular formula is C14H28O3. The Hall–Kier alpha value is -0.730. The topological polar surface area (TPSA) is 46.5 Å². The first-order valence-electron chi connectivity index (χ1n) is 6.71. The lowest BCUT2D eigenvalue weighted by atomic mass is 9.59. The molecule has 1 aliphatic carbocycles. The van der Waals surface area contributed by atoms with E-state index in [1.165, 1.54) is 12.8 Å². The van der Waals surface area contributed by atoms with Crippen molar-refractivity contribution in [2.45, 2.75) is 54.4 Å². The lowest BCUT2D eigenvalue weighted by Gasteiger charge is -2.46. The molecule has 3 nitrogen and oxygen atoms in total. The normalized spacial score (nSPS) is 31.1. The first-order chi connectivity index (χ1) is 7.85. The van der Waals surface area contributed by atoms with Crippen LogP contribution in [-0.4, -0.2) is 17.9 Å². The third-order valence-electron chi connectivity index (χ3n) is 4.35. The van der Waals surface area contributed by atoms with Crippen LogP contribution in [0.25, 0.3) is 0 Å². The fourth-order valence-electron chi connectivity index (χ4n) is 2.72. The molecule has 0 aromatic carbocycles. The molecule has 102 valence electrons. The van der Waals surface area contributed by atoms with Crippen LogP contribution in [0.1, 0.15) is 54.4 Å². The van der Waals surface area contributed by atoms with Crippen LogP contribution in [-0.2, 0) is 4.74 Å². The fourth-order valence-corrected chi connectivity index (χ4v) is 2.72. The van der Waals surface area contributed by atoms with Gasteiger partial charge in [0.05, 0.1) is 6.61 Å². The largest absolute Gasteiger partial charge is 0.505 e. The molecule has 1 saturated carbocycles. The predicted octanol–water partition coefficient (Wildman–Crippen LogP) is 4.42. The lowest BCUT2D eigenvalue weighted by Crippen LogP contribution is -2.42. The molecule has 0 heterocycles. The van der Waals surface area contributed by atoms with Gasteiger partial charge in [-0.2, -0.15) is 0 Å². The van der Waals surface area contributed by atoms with Gasteiger partial charge in [-0.3, -0.25) is 0 Å². The van der Waals surface area contributed by atoms with E-state index in [4.69, 9.17) is 9.84 Å². The number of carboxylic acid groups (broad SMARTS) is 1. The number of hydrogen-bond donors (Lipinski definition) is 1. The van der Waals surface area contributed by atoms with Crippen LogP contribution in [0.5, 0.6) is 0 Å². The SMILES string of the molecule is CC.CC1CCC(C)C(C)(C)C1COC(=O)O. The van der Waals surface area contributed by atoms with Gasteiger partial charge < -0.3 is 9.84 Å². The van der Waals surface area contributed by atoms with E-state index in [1.54, 1.807) is 0 Å². The zero-order valence-corrected chi connectivity index (χ0v) is 12.1. The second-order valence-electron chi connectivity index (χ2n) is 5.46. The van der Waals surface area contributed by atoms with Crippen LogP contribution in [0, 0.1) is 23.2 Å². The molecule has 1 fully saturated rings. The van der Waals surface area contributed by atoms with Gasteiger partial charge in [0.1, 0.15) is 0 Å². The molecule has 0 bridgehead atoms. The molecule has 1 rings (SSSR count). The van der Waals surface area contributed by atoms with Crippen LogP contribution in [0.15, 0.2) is 0 Å². The maximum Gasteiger partial charge on any atom is 0.505 e. The fraction of sp³-hybridized carbons (Fsp3) is 0.929. The van der Waals surface area contributed by atoms with Crippen LogP contribution in [0.3, 0.4) is 0 Å². The van der Waals surface area contributed by atoms with Crippen molar-refractivity contribution >= 4 is 6.16 Å². The van der Waals surface area contributed by atoms with Gasteiger partial charge >= 0.3 is 6.16 Å². The Morgan fingerprint density at radius 2 is 1.82 bits per heavy atom. The van der Waals surface area contributed by atoms with E-state index in [9.17, 15) is 4.79 Å². The first-order valence-corrected chi connectivity index (χ1v) is 6.71. The second-order valence-corrected chi connectivity index (χ2v) is 5.46. The molecule has 0 saturated heterocycles. The van der Waals surface area contributed by atoms with Crippen molar-refractivity contribution in [3.8, 4) is 0 Å². The van der Waals surface area contributed by atoms with E-state index in [2.05, 4.69) is 27.7 Å². The Kier molecular flexibility index (Phi) is 6.58. The quantitative estimate of drug-likeness (QED) is 0.732. The zero-order chi connectivity index (χ0) is 13.6. The summed E-state index contributed by atoms with van der Waals surface area (Å²) in [4.78, 5) is 10.4. The summed E-state index contributed by atoms with van der Waals surface area (Å²) < 4.78 is 4.75. The maximum absolute atomic E-state index is 10.4. The maximum atomic E-state index is 10.4. The molecule has 0 aromatic heterocycles. The van der Waals surface area contributed by atoms with Gasteiger partial charge in [0, 0.05) is 5.92 Å². The minimum absolute atomic E-state index is 0.174.